The lowest BCUT2D eigenvalue weighted by molar-refractivity contribution is 0.583. The van der Waals surface area contributed by atoms with Gasteiger partial charge in [-0.15, -0.1) is 0 Å². The van der Waals surface area contributed by atoms with E-state index in [0.717, 1.165) is 33.5 Å². The summed E-state index contributed by atoms with van der Waals surface area (Å²) in [6.45, 7) is 9.02. The molecule has 0 fully saturated rings. The molecule has 0 saturated heterocycles. The number of benzene rings is 1. The predicted octanol–water partition coefficient (Wildman–Crippen LogP) is 1.35. The second kappa shape index (κ2) is 7.59. The molecule has 0 saturated carbocycles. The molecular formula is C18H26N4O4S. The number of hydrogen-bond donors (Lipinski definition) is 1. The summed E-state index contributed by atoms with van der Waals surface area (Å²) in [6, 6.07) is 5.42. The van der Waals surface area contributed by atoms with E-state index in [1.54, 1.807) is 13.0 Å². The van der Waals surface area contributed by atoms with E-state index < -0.39 is 26.2 Å². The monoisotopic (exact) mass is 394 g/mol. The topological polar surface area (TPSA) is 93.4 Å². The number of anilines is 2. The summed E-state index contributed by atoms with van der Waals surface area (Å²) in [7, 11) is -1.47. The molecule has 9 heteroatoms. The third-order valence-corrected chi connectivity index (χ3v) is 6.25. The first-order valence-corrected chi connectivity index (χ1v) is 10.2. The van der Waals surface area contributed by atoms with Gasteiger partial charge in [-0.05, 0) is 51.5 Å². The Kier molecular flexibility index (Phi) is 5.84. The second-order valence-electron chi connectivity index (χ2n) is 6.40. The Morgan fingerprint density at radius 2 is 1.63 bits per heavy atom. The summed E-state index contributed by atoms with van der Waals surface area (Å²) < 4.78 is 30.2. The Morgan fingerprint density at radius 3 is 2.15 bits per heavy atom. The minimum Gasteiger partial charge on any atom is -0.372 e. The van der Waals surface area contributed by atoms with E-state index in [0.29, 0.717) is 5.69 Å². The van der Waals surface area contributed by atoms with E-state index in [1.807, 2.05) is 26.0 Å². The highest BCUT2D eigenvalue weighted by Gasteiger charge is 2.25. The van der Waals surface area contributed by atoms with Gasteiger partial charge in [0.15, 0.2) is 4.90 Å². The highest BCUT2D eigenvalue weighted by molar-refractivity contribution is 7.92. The lowest BCUT2D eigenvalue weighted by Gasteiger charge is -2.22. The summed E-state index contributed by atoms with van der Waals surface area (Å²) >= 11 is 0. The maximum Gasteiger partial charge on any atom is 0.330 e. The number of hydrogen-bond acceptors (Lipinski definition) is 5. The first-order valence-electron chi connectivity index (χ1n) is 8.70. The van der Waals surface area contributed by atoms with Gasteiger partial charge < -0.3 is 4.90 Å². The highest BCUT2D eigenvalue weighted by atomic mass is 32.2. The normalized spacial score (nSPS) is 11.5. The minimum absolute atomic E-state index is 0.0908. The van der Waals surface area contributed by atoms with E-state index in [2.05, 4.69) is 9.62 Å². The zero-order valence-electron chi connectivity index (χ0n) is 16.5. The molecule has 1 heterocycles. The first kappa shape index (κ1) is 20.8. The molecule has 0 radical (unpaired) electrons. The number of nitrogens with zero attached hydrogens (tertiary/aromatic N) is 3. The van der Waals surface area contributed by atoms with Gasteiger partial charge in [-0.25, -0.2) is 13.2 Å². The molecule has 2 rings (SSSR count). The van der Waals surface area contributed by atoms with Crippen LogP contribution < -0.4 is 20.9 Å². The molecule has 27 heavy (non-hydrogen) atoms. The Morgan fingerprint density at radius 1 is 1.04 bits per heavy atom. The zero-order valence-corrected chi connectivity index (χ0v) is 17.3. The van der Waals surface area contributed by atoms with Crippen molar-refractivity contribution in [2.45, 2.75) is 32.6 Å². The van der Waals surface area contributed by atoms with E-state index in [1.165, 1.54) is 21.0 Å². The van der Waals surface area contributed by atoms with Crippen LogP contribution in [0.15, 0.2) is 32.7 Å². The Bertz CT molecular complexity index is 1080. The van der Waals surface area contributed by atoms with Crippen LogP contribution in [0, 0.1) is 13.8 Å². The van der Waals surface area contributed by atoms with Crippen LogP contribution in [0.4, 0.5) is 11.4 Å². The number of aromatic nitrogens is 2. The summed E-state index contributed by atoms with van der Waals surface area (Å²) in [4.78, 5) is 26.1. The number of aryl methyl sites for hydroxylation is 1. The van der Waals surface area contributed by atoms with Crippen molar-refractivity contribution in [3.05, 3.63) is 50.3 Å². The maximum atomic E-state index is 12.9. The smallest absolute Gasteiger partial charge is 0.330 e. The summed E-state index contributed by atoms with van der Waals surface area (Å²) in [5.74, 6) is 0. The second-order valence-corrected chi connectivity index (χ2v) is 8.02. The first-order chi connectivity index (χ1) is 12.5. The molecule has 0 aliphatic heterocycles. The molecule has 8 nitrogen and oxygen atoms in total. The lowest BCUT2D eigenvalue weighted by atomic mass is 10.1. The van der Waals surface area contributed by atoms with Crippen LogP contribution in [0.1, 0.15) is 25.1 Å². The molecule has 0 aliphatic carbocycles. The summed E-state index contributed by atoms with van der Waals surface area (Å²) in [5.41, 5.74) is 0.794. The Hall–Kier alpha value is -2.55. The van der Waals surface area contributed by atoms with Gasteiger partial charge in [0.2, 0.25) is 0 Å². The van der Waals surface area contributed by atoms with Gasteiger partial charge in [0.1, 0.15) is 0 Å². The summed E-state index contributed by atoms with van der Waals surface area (Å²) in [6.07, 6.45) is 0. The van der Waals surface area contributed by atoms with Crippen molar-refractivity contribution in [1.29, 1.82) is 0 Å². The Labute approximate surface area is 159 Å². The Balaban J connectivity index is 2.53. The number of sulfonamides is 1. The van der Waals surface area contributed by atoms with Gasteiger partial charge in [-0.3, -0.25) is 18.7 Å². The van der Waals surface area contributed by atoms with Crippen molar-refractivity contribution in [2.24, 2.45) is 14.1 Å². The van der Waals surface area contributed by atoms with Gasteiger partial charge >= 0.3 is 5.69 Å². The molecule has 0 bridgehead atoms. The number of nitrogens with one attached hydrogen (secondary N) is 1. The summed E-state index contributed by atoms with van der Waals surface area (Å²) in [5, 5.41) is 0. The molecule has 148 valence electrons. The average molecular weight is 394 g/mol. The van der Waals surface area contributed by atoms with Crippen LogP contribution in [-0.2, 0) is 24.1 Å². The van der Waals surface area contributed by atoms with Crippen LogP contribution in [-0.4, -0.2) is 30.6 Å². The van der Waals surface area contributed by atoms with E-state index in [4.69, 9.17) is 0 Å². The lowest BCUT2D eigenvalue weighted by Crippen LogP contribution is -2.42. The standard InChI is InChI=1S/C18H26N4O4S/c1-7-22(8-2)14-9-10-15(12(3)11-14)19-27(25,26)16-13(4)20(5)18(24)21(6)17(16)23/h9-11,19H,7-8H2,1-6H3. The fourth-order valence-electron chi connectivity index (χ4n) is 2.97. The van der Waals surface area contributed by atoms with Gasteiger partial charge in [0.25, 0.3) is 15.6 Å². The van der Waals surface area contributed by atoms with E-state index in [-0.39, 0.29) is 5.69 Å². The quantitative estimate of drug-likeness (QED) is 0.798. The van der Waals surface area contributed by atoms with Gasteiger partial charge in [0, 0.05) is 38.6 Å². The largest absolute Gasteiger partial charge is 0.372 e. The molecule has 1 aromatic heterocycles. The van der Waals surface area contributed by atoms with E-state index >= 15 is 0 Å². The van der Waals surface area contributed by atoms with Crippen molar-refractivity contribution >= 4 is 21.4 Å². The van der Waals surface area contributed by atoms with Crippen molar-refractivity contribution in [3.8, 4) is 0 Å². The predicted molar refractivity (Wildman–Crippen MR) is 107 cm³/mol. The molecule has 0 unspecified atom stereocenters. The third kappa shape index (κ3) is 3.78. The third-order valence-electron chi connectivity index (χ3n) is 4.76. The van der Waals surface area contributed by atoms with Crippen molar-refractivity contribution in [2.75, 3.05) is 22.7 Å². The fourth-order valence-corrected chi connectivity index (χ4v) is 4.48. The molecule has 0 aliphatic rings. The van der Waals surface area contributed by atoms with Crippen LogP contribution >= 0.6 is 0 Å². The SMILES string of the molecule is CCN(CC)c1ccc(NS(=O)(=O)c2c(C)n(C)c(=O)n(C)c2=O)c(C)c1. The van der Waals surface area contributed by atoms with Crippen LogP contribution in [0.25, 0.3) is 0 Å². The number of rotatable bonds is 6. The molecule has 0 amide bonds. The molecule has 0 spiro atoms. The molecule has 1 N–H and O–H groups in total. The average Bonchev–Trinajstić information content (AvgIpc) is 2.61. The van der Waals surface area contributed by atoms with Crippen molar-refractivity contribution in [3.63, 3.8) is 0 Å². The van der Waals surface area contributed by atoms with Crippen LogP contribution in [0.2, 0.25) is 0 Å². The van der Waals surface area contributed by atoms with Crippen molar-refractivity contribution < 1.29 is 8.42 Å². The zero-order chi connectivity index (χ0) is 20.5. The van der Waals surface area contributed by atoms with Crippen LogP contribution in [0.3, 0.4) is 0 Å². The molecular weight excluding hydrogens is 368 g/mol. The fraction of sp³-hybridized carbons (Fsp3) is 0.444. The molecule has 2 aromatic rings. The highest BCUT2D eigenvalue weighted by Crippen LogP contribution is 2.24. The molecule has 0 atom stereocenters. The van der Waals surface area contributed by atoms with Crippen LogP contribution in [0.5, 0.6) is 0 Å². The van der Waals surface area contributed by atoms with Gasteiger partial charge in [-0.2, -0.15) is 0 Å². The maximum absolute atomic E-state index is 12.9. The van der Waals surface area contributed by atoms with Gasteiger partial charge in [-0.1, -0.05) is 0 Å². The minimum atomic E-state index is -4.16. The molecule has 1 aromatic carbocycles. The van der Waals surface area contributed by atoms with Gasteiger partial charge in [0.05, 0.1) is 5.69 Å². The van der Waals surface area contributed by atoms with Crippen molar-refractivity contribution in [1.82, 2.24) is 9.13 Å². The van der Waals surface area contributed by atoms with E-state index in [9.17, 15) is 18.0 Å².